The molecule has 4 rings (SSSR count). The van der Waals surface area contributed by atoms with E-state index in [2.05, 4.69) is 20.9 Å². The van der Waals surface area contributed by atoms with Crippen LogP contribution < -0.4 is 0 Å². The van der Waals surface area contributed by atoms with Gasteiger partial charge in [-0.05, 0) is 30.5 Å². The number of aliphatic hydroxyl groups is 1. The molecule has 0 unspecified atom stereocenters. The number of pyridine rings is 1. The summed E-state index contributed by atoms with van der Waals surface area (Å²) in [5.41, 5.74) is 4.91. The molecule has 0 amide bonds. The lowest BCUT2D eigenvalue weighted by molar-refractivity contribution is 0.0788. The Hall–Kier alpha value is -2.50. The maximum atomic E-state index is 10.9. The van der Waals surface area contributed by atoms with E-state index >= 15 is 0 Å². The van der Waals surface area contributed by atoms with E-state index in [9.17, 15) is 9.90 Å². The first-order chi connectivity index (χ1) is 12.2. The fraction of sp³-hybridized carbons (Fsp3) is 0.300. The molecule has 0 atom stereocenters. The van der Waals surface area contributed by atoms with Crippen molar-refractivity contribution in [3.63, 3.8) is 0 Å². The Bertz CT molecular complexity index is 878. The molecule has 1 saturated heterocycles. The number of carbonyl (C=O) groups excluding carboxylic acids is 1. The van der Waals surface area contributed by atoms with E-state index in [-0.39, 0.29) is 6.10 Å². The van der Waals surface area contributed by atoms with Crippen LogP contribution in [-0.2, 0) is 6.54 Å². The van der Waals surface area contributed by atoms with Gasteiger partial charge in [0.15, 0.2) is 0 Å². The molecular formula is C20H21N3O2. The number of carbonyl (C=O) groups is 1. The Labute approximate surface area is 146 Å². The Morgan fingerprint density at radius 2 is 1.96 bits per heavy atom. The number of benzene rings is 1. The summed E-state index contributed by atoms with van der Waals surface area (Å²) < 4.78 is 0. The second-order valence-corrected chi connectivity index (χ2v) is 6.63. The molecule has 3 heterocycles. The summed E-state index contributed by atoms with van der Waals surface area (Å²) in [4.78, 5) is 21.2. The fourth-order valence-corrected chi connectivity index (χ4v) is 3.55. The SMILES string of the molecule is O=Cc1ccc(-c2c(CN3CCC(O)CC3)[nH]c3ncccc23)cc1. The van der Waals surface area contributed by atoms with E-state index in [0.29, 0.717) is 5.56 Å². The number of rotatable bonds is 4. The summed E-state index contributed by atoms with van der Waals surface area (Å²) in [5, 5.41) is 10.8. The number of aliphatic hydroxyl groups excluding tert-OH is 1. The van der Waals surface area contributed by atoms with Crippen LogP contribution in [0.25, 0.3) is 22.2 Å². The summed E-state index contributed by atoms with van der Waals surface area (Å²) in [5.74, 6) is 0. The number of nitrogens with one attached hydrogen (secondary N) is 1. The number of aldehydes is 1. The van der Waals surface area contributed by atoms with Crippen LogP contribution in [0.15, 0.2) is 42.6 Å². The van der Waals surface area contributed by atoms with Crippen molar-refractivity contribution >= 4 is 17.3 Å². The van der Waals surface area contributed by atoms with Gasteiger partial charge in [0.25, 0.3) is 0 Å². The number of hydrogen-bond acceptors (Lipinski definition) is 4. The van der Waals surface area contributed by atoms with Crippen molar-refractivity contribution in [2.75, 3.05) is 13.1 Å². The highest BCUT2D eigenvalue weighted by molar-refractivity contribution is 5.96. The third-order valence-electron chi connectivity index (χ3n) is 4.92. The molecule has 0 bridgehead atoms. The Morgan fingerprint density at radius 1 is 1.20 bits per heavy atom. The van der Waals surface area contributed by atoms with Crippen molar-refractivity contribution in [2.24, 2.45) is 0 Å². The van der Waals surface area contributed by atoms with Crippen molar-refractivity contribution in [3.8, 4) is 11.1 Å². The average molecular weight is 335 g/mol. The highest BCUT2D eigenvalue weighted by Gasteiger charge is 2.20. The van der Waals surface area contributed by atoms with Gasteiger partial charge < -0.3 is 10.1 Å². The molecule has 0 saturated carbocycles. The molecular weight excluding hydrogens is 314 g/mol. The van der Waals surface area contributed by atoms with Crippen LogP contribution in [0.1, 0.15) is 28.9 Å². The van der Waals surface area contributed by atoms with Crippen molar-refractivity contribution in [1.82, 2.24) is 14.9 Å². The first kappa shape index (κ1) is 16.0. The third-order valence-corrected chi connectivity index (χ3v) is 4.92. The van der Waals surface area contributed by atoms with Crippen LogP contribution >= 0.6 is 0 Å². The lowest BCUT2D eigenvalue weighted by atomic mass is 10.0. The molecule has 0 spiro atoms. The molecule has 5 nitrogen and oxygen atoms in total. The maximum absolute atomic E-state index is 10.9. The number of likely N-dealkylation sites (tertiary alicyclic amines) is 1. The van der Waals surface area contributed by atoms with Gasteiger partial charge in [-0.15, -0.1) is 0 Å². The molecule has 2 N–H and O–H groups in total. The van der Waals surface area contributed by atoms with Crippen LogP contribution in [0.3, 0.4) is 0 Å². The first-order valence-electron chi connectivity index (χ1n) is 8.66. The largest absolute Gasteiger partial charge is 0.393 e. The predicted octanol–water partition coefficient (Wildman–Crippen LogP) is 3.00. The normalized spacial score (nSPS) is 16.4. The van der Waals surface area contributed by atoms with E-state index < -0.39 is 0 Å². The van der Waals surface area contributed by atoms with E-state index in [1.807, 2.05) is 30.3 Å². The Balaban J connectivity index is 1.73. The number of nitrogens with zero attached hydrogens (tertiary/aromatic N) is 2. The molecule has 128 valence electrons. The molecule has 1 aromatic carbocycles. The lowest BCUT2D eigenvalue weighted by Crippen LogP contribution is -2.35. The number of aromatic nitrogens is 2. The van der Waals surface area contributed by atoms with Crippen LogP contribution in [0.2, 0.25) is 0 Å². The summed E-state index contributed by atoms with van der Waals surface area (Å²) in [6.45, 7) is 2.59. The van der Waals surface area contributed by atoms with Gasteiger partial charge in [0.2, 0.25) is 0 Å². The average Bonchev–Trinajstić information content (AvgIpc) is 3.01. The zero-order valence-corrected chi connectivity index (χ0v) is 14.0. The van der Waals surface area contributed by atoms with E-state index in [1.54, 1.807) is 6.20 Å². The molecule has 0 radical (unpaired) electrons. The quantitative estimate of drug-likeness (QED) is 0.719. The molecule has 3 aromatic rings. The summed E-state index contributed by atoms with van der Waals surface area (Å²) in [6.07, 6.45) is 4.12. The summed E-state index contributed by atoms with van der Waals surface area (Å²) >= 11 is 0. The molecule has 0 aliphatic carbocycles. The highest BCUT2D eigenvalue weighted by atomic mass is 16.3. The number of piperidine rings is 1. The van der Waals surface area contributed by atoms with Crippen LogP contribution in [0.5, 0.6) is 0 Å². The van der Waals surface area contributed by atoms with Crippen LogP contribution in [0, 0.1) is 0 Å². The highest BCUT2D eigenvalue weighted by Crippen LogP contribution is 2.33. The van der Waals surface area contributed by atoms with Crippen LogP contribution in [0.4, 0.5) is 0 Å². The molecule has 1 aliphatic heterocycles. The minimum Gasteiger partial charge on any atom is -0.393 e. The predicted molar refractivity (Wildman–Crippen MR) is 97.4 cm³/mol. The number of aromatic amines is 1. The minimum absolute atomic E-state index is 0.170. The molecule has 2 aromatic heterocycles. The van der Waals surface area contributed by atoms with Crippen LogP contribution in [-0.4, -0.2) is 45.5 Å². The number of hydrogen-bond donors (Lipinski definition) is 2. The van der Waals surface area contributed by atoms with Gasteiger partial charge in [0.05, 0.1) is 6.10 Å². The van der Waals surface area contributed by atoms with Gasteiger partial charge in [0.1, 0.15) is 11.9 Å². The van der Waals surface area contributed by atoms with Gasteiger partial charge >= 0.3 is 0 Å². The first-order valence-corrected chi connectivity index (χ1v) is 8.66. The second kappa shape index (κ2) is 6.78. The molecule has 1 fully saturated rings. The zero-order valence-electron chi connectivity index (χ0n) is 14.0. The Kier molecular flexibility index (Phi) is 4.34. The topological polar surface area (TPSA) is 69.2 Å². The summed E-state index contributed by atoms with van der Waals surface area (Å²) in [6, 6.07) is 11.7. The lowest BCUT2D eigenvalue weighted by Gasteiger charge is -2.29. The van der Waals surface area contributed by atoms with Gasteiger partial charge in [-0.25, -0.2) is 4.98 Å². The monoisotopic (exact) mass is 335 g/mol. The standard InChI is InChI=1S/C20H21N3O2/c24-13-14-3-5-15(6-4-14)19-17-2-1-9-21-20(17)22-18(19)12-23-10-7-16(25)8-11-23/h1-6,9,13,16,25H,7-8,10-12H2,(H,21,22). The molecule has 5 heteroatoms. The number of H-pyrrole nitrogens is 1. The van der Waals surface area contributed by atoms with Crippen molar-refractivity contribution in [2.45, 2.75) is 25.5 Å². The van der Waals surface area contributed by atoms with Gasteiger partial charge in [0, 0.05) is 48.0 Å². The van der Waals surface area contributed by atoms with Crippen molar-refractivity contribution < 1.29 is 9.90 Å². The van der Waals surface area contributed by atoms with Crippen molar-refractivity contribution in [3.05, 3.63) is 53.9 Å². The maximum Gasteiger partial charge on any atom is 0.150 e. The minimum atomic E-state index is -0.170. The number of fused-ring (bicyclic) bond motifs is 1. The molecule has 1 aliphatic rings. The van der Waals surface area contributed by atoms with Gasteiger partial charge in [-0.1, -0.05) is 24.3 Å². The van der Waals surface area contributed by atoms with Gasteiger partial charge in [-0.2, -0.15) is 0 Å². The molecule has 25 heavy (non-hydrogen) atoms. The van der Waals surface area contributed by atoms with Gasteiger partial charge in [-0.3, -0.25) is 9.69 Å². The zero-order chi connectivity index (χ0) is 17.2. The van der Waals surface area contributed by atoms with E-state index in [4.69, 9.17) is 0 Å². The summed E-state index contributed by atoms with van der Waals surface area (Å²) in [7, 11) is 0. The van der Waals surface area contributed by atoms with Crippen molar-refractivity contribution in [1.29, 1.82) is 0 Å². The van der Waals surface area contributed by atoms with E-state index in [0.717, 1.165) is 66.6 Å². The fourth-order valence-electron chi connectivity index (χ4n) is 3.55. The Morgan fingerprint density at radius 3 is 2.68 bits per heavy atom. The van der Waals surface area contributed by atoms with E-state index in [1.165, 1.54) is 0 Å². The smallest absolute Gasteiger partial charge is 0.150 e. The third kappa shape index (κ3) is 3.21. The second-order valence-electron chi connectivity index (χ2n) is 6.63.